The number of halogens is 1. The maximum atomic E-state index is 13.8. The number of likely N-dealkylation sites (tertiary alicyclic amines) is 1. The third-order valence-electron chi connectivity index (χ3n) is 3.44. The Kier molecular flexibility index (Phi) is 3.97. The molecule has 1 fully saturated rings. The first-order valence-corrected chi connectivity index (χ1v) is 6.32. The van der Waals surface area contributed by atoms with Crippen LogP contribution in [0.15, 0.2) is 18.2 Å². The van der Waals surface area contributed by atoms with Gasteiger partial charge in [0.15, 0.2) is 0 Å². The lowest BCUT2D eigenvalue weighted by atomic mass is 9.99. The van der Waals surface area contributed by atoms with E-state index in [0.717, 1.165) is 37.9 Å². The average molecular weight is 251 g/mol. The second-order valence-corrected chi connectivity index (χ2v) is 4.86. The number of hydrogen-bond acceptors (Lipinski definition) is 2. The van der Waals surface area contributed by atoms with Gasteiger partial charge in [0.25, 0.3) is 0 Å². The van der Waals surface area contributed by atoms with E-state index in [9.17, 15) is 14.3 Å². The van der Waals surface area contributed by atoms with Crippen LogP contribution in [0.4, 0.5) is 4.39 Å². The van der Waals surface area contributed by atoms with E-state index in [1.807, 2.05) is 11.8 Å². The van der Waals surface area contributed by atoms with Crippen molar-refractivity contribution in [2.75, 3.05) is 13.1 Å². The lowest BCUT2D eigenvalue weighted by Crippen LogP contribution is -2.38. The van der Waals surface area contributed by atoms with Gasteiger partial charge in [0.2, 0.25) is 0 Å². The zero-order valence-electron chi connectivity index (χ0n) is 10.5. The molecule has 1 atom stereocenters. The number of aliphatic carboxylic acids is 1. The molecule has 0 bridgehead atoms. The lowest BCUT2D eigenvalue weighted by molar-refractivity contribution is -0.144. The lowest BCUT2D eigenvalue weighted by Gasteiger charge is -2.32. The summed E-state index contributed by atoms with van der Waals surface area (Å²) >= 11 is 0. The predicted molar refractivity (Wildman–Crippen MR) is 66.9 cm³/mol. The number of piperidine rings is 1. The van der Waals surface area contributed by atoms with Crippen molar-refractivity contribution in [3.63, 3.8) is 0 Å². The second kappa shape index (κ2) is 5.48. The maximum Gasteiger partial charge on any atom is 0.325 e. The summed E-state index contributed by atoms with van der Waals surface area (Å²) in [4.78, 5) is 13.3. The van der Waals surface area contributed by atoms with Gasteiger partial charge in [-0.25, -0.2) is 4.39 Å². The highest BCUT2D eigenvalue weighted by Crippen LogP contribution is 2.27. The van der Waals surface area contributed by atoms with Crippen LogP contribution >= 0.6 is 0 Å². The fourth-order valence-electron chi connectivity index (χ4n) is 2.54. The molecule has 98 valence electrons. The molecule has 0 amide bonds. The minimum absolute atomic E-state index is 0.282. The molecule has 1 unspecified atom stereocenters. The molecule has 3 nitrogen and oxygen atoms in total. The number of carboxylic acids is 1. The number of carbonyl (C=O) groups is 1. The molecule has 1 heterocycles. The van der Waals surface area contributed by atoms with E-state index in [0.29, 0.717) is 0 Å². The zero-order valence-corrected chi connectivity index (χ0v) is 10.5. The summed E-state index contributed by atoms with van der Waals surface area (Å²) in [7, 11) is 0. The van der Waals surface area contributed by atoms with Crippen molar-refractivity contribution in [2.24, 2.45) is 0 Å². The van der Waals surface area contributed by atoms with Crippen LogP contribution < -0.4 is 0 Å². The van der Waals surface area contributed by atoms with Crippen LogP contribution in [0, 0.1) is 12.7 Å². The molecule has 0 radical (unpaired) electrons. The third-order valence-corrected chi connectivity index (χ3v) is 3.44. The minimum Gasteiger partial charge on any atom is -0.480 e. The largest absolute Gasteiger partial charge is 0.480 e. The van der Waals surface area contributed by atoms with Gasteiger partial charge < -0.3 is 5.11 Å². The van der Waals surface area contributed by atoms with Gasteiger partial charge in [-0.15, -0.1) is 0 Å². The molecule has 18 heavy (non-hydrogen) atoms. The van der Waals surface area contributed by atoms with Crippen molar-refractivity contribution in [3.05, 3.63) is 35.1 Å². The second-order valence-electron chi connectivity index (χ2n) is 4.86. The monoisotopic (exact) mass is 251 g/mol. The van der Waals surface area contributed by atoms with Crippen molar-refractivity contribution in [1.29, 1.82) is 0 Å². The summed E-state index contributed by atoms with van der Waals surface area (Å²) < 4.78 is 13.8. The molecule has 0 aliphatic carbocycles. The molecule has 0 aromatic heterocycles. The summed E-state index contributed by atoms with van der Waals surface area (Å²) in [5.74, 6) is -1.40. The van der Waals surface area contributed by atoms with Crippen LogP contribution in [-0.4, -0.2) is 29.1 Å². The van der Waals surface area contributed by atoms with Gasteiger partial charge in [0, 0.05) is 5.56 Å². The fraction of sp³-hybridized carbons (Fsp3) is 0.500. The molecule has 1 aliphatic rings. The average Bonchev–Trinajstić information content (AvgIpc) is 2.35. The molecule has 1 saturated heterocycles. The third kappa shape index (κ3) is 2.70. The van der Waals surface area contributed by atoms with Crippen molar-refractivity contribution in [2.45, 2.75) is 32.2 Å². The Bertz CT molecular complexity index is 441. The first kappa shape index (κ1) is 13.0. The Labute approximate surface area is 106 Å². The van der Waals surface area contributed by atoms with E-state index in [1.54, 1.807) is 12.1 Å². The molecule has 1 aromatic rings. The molecule has 0 spiro atoms. The summed E-state index contributed by atoms with van der Waals surface area (Å²) in [5.41, 5.74) is 1.17. The van der Waals surface area contributed by atoms with E-state index in [1.165, 1.54) is 6.07 Å². The van der Waals surface area contributed by atoms with Gasteiger partial charge >= 0.3 is 5.97 Å². The van der Waals surface area contributed by atoms with Crippen LogP contribution in [0.2, 0.25) is 0 Å². The molecule has 1 N–H and O–H groups in total. The highest BCUT2D eigenvalue weighted by atomic mass is 19.1. The normalized spacial score (nSPS) is 18.6. The highest BCUT2D eigenvalue weighted by Gasteiger charge is 2.30. The number of benzene rings is 1. The van der Waals surface area contributed by atoms with Crippen LogP contribution in [0.1, 0.15) is 36.4 Å². The first-order valence-electron chi connectivity index (χ1n) is 6.32. The van der Waals surface area contributed by atoms with Crippen molar-refractivity contribution < 1.29 is 14.3 Å². The van der Waals surface area contributed by atoms with Gasteiger partial charge in [-0.3, -0.25) is 9.69 Å². The topological polar surface area (TPSA) is 40.5 Å². The number of aryl methyl sites for hydroxylation is 1. The Morgan fingerprint density at radius 2 is 2.00 bits per heavy atom. The molecule has 1 aromatic carbocycles. The number of carboxylic acid groups (broad SMARTS) is 1. The molecule has 4 heteroatoms. The summed E-state index contributed by atoms with van der Waals surface area (Å²) in [6.45, 7) is 3.30. The standard InChI is InChI=1S/C14H18FNO2/c1-10-5-6-12(15)11(9-10)13(14(17)18)16-7-3-2-4-8-16/h5-6,9,13H,2-4,7-8H2,1H3,(H,17,18). The van der Waals surface area contributed by atoms with E-state index >= 15 is 0 Å². The van der Waals surface area contributed by atoms with Crippen LogP contribution in [0.3, 0.4) is 0 Å². The molecular formula is C14H18FNO2. The van der Waals surface area contributed by atoms with E-state index in [4.69, 9.17) is 0 Å². The number of nitrogens with zero attached hydrogens (tertiary/aromatic N) is 1. The molecule has 1 aliphatic heterocycles. The van der Waals surface area contributed by atoms with Gasteiger partial charge in [0.1, 0.15) is 11.9 Å². The highest BCUT2D eigenvalue weighted by molar-refractivity contribution is 5.75. The first-order chi connectivity index (χ1) is 8.59. The minimum atomic E-state index is -0.971. The van der Waals surface area contributed by atoms with Gasteiger partial charge in [-0.05, 0) is 38.9 Å². The van der Waals surface area contributed by atoms with Crippen molar-refractivity contribution >= 4 is 5.97 Å². The Hall–Kier alpha value is -1.42. The van der Waals surface area contributed by atoms with E-state index < -0.39 is 17.8 Å². The smallest absolute Gasteiger partial charge is 0.325 e. The fourth-order valence-corrected chi connectivity index (χ4v) is 2.54. The SMILES string of the molecule is Cc1ccc(F)c(C(C(=O)O)N2CCCCC2)c1. The van der Waals surface area contributed by atoms with Crippen LogP contribution in [0.5, 0.6) is 0 Å². The molecular weight excluding hydrogens is 233 g/mol. The maximum absolute atomic E-state index is 13.8. The van der Waals surface area contributed by atoms with Gasteiger partial charge in [-0.1, -0.05) is 24.1 Å². The summed E-state index contributed by atoms with van der Waals surface area (Å²) in [5, 5.41) is 9.39. The quantitative estimate of drug-likeness (QED) is 0.898. The van der Waals surface area contributed by atoms with Gasteiger partial charge in [-0.2, -0.15) is 0 Å². The number of hydrogen-bond donors (Lipinski definition) is 1. The zero-order chi connectivity index (χ0) is 13.1. The summed E-state index contributed by atoms with van der Waals surface area (Å²) in [6.07, 6.45) is 3.09. The van der Waals surface area contributed by atoms with Crippen LogP contribution in [0.25, 0.3) is 0 Å². The van der Waals surface area contributed by atoms with Crippen LogP contribution in [-0.2, 0) is 4.79 Å². The van der Waals surface area contributed by atoms with Gasteiger partial charge in [0.05, 0.1) is 0 Å². The Morgan fingerprint density at radius 3 is 2.61 bits per heavy atom. The Morgan fingerprint density at radius 1 is 1.33 bits per heavy atom. The van der Waals surface area contributed by atoms with E-state index in [-0.39, 0.29) is 5.56 Å². The van der Waals surface area contributed by atoms with Crippen molar-refractivity contribution in [1.82, 2.24) is 4.90 Å². The Balaban J connectivity index is 2.34. The summed E-state index contributed by atoms with van der Waals surface area (Å²) in [6, 6.07) is 3.80. The number of rotatable bonds is 3. The van der Waals surface area contributed by atoms with E-state index in [2.05, 4.69) is 0 Å². The molecule has 0 saturated carbocycles. The predicted octanol–water partition coefficient (Wildman–Crippen LogP) is 2.75. The molecule has 2 rings (SSSR count). The van der Waals surface area contributed by atoms with Crippen molar-refractivity contribution in [3.8, 4) is 0 Å².